The molecule has 0 spiro atoms. The summed E-state index contributed by atoms with van der Waals surface area (Å²) in [5.41, 5.74) is 3.31. The fourth-order valence-corrected chi connectivity index (χ4v) is 3.44. The molecule has 0 aliphatic carbocycles. The number of aliphatic hydroxyl groups is 1. The maximum atomic E-state index is 13.7. The molecule has 4 aromatic rings. The fourth-order valence-electron chi connectivity index (χ4n) is 3.44. The third-order valence-electron chi connectivity index (χ3n) is 5.09. The highest BCUT2D eigenvalue weighted by Crippen LogP contribution is 2.28. The molecule has 0 aliphatic rings. The maximum Gasteiger partial charge on any atom is 0.231 e. The monoisotopic (exact) mass is 433 g/mol. The SMILES string of the molecule is COc1cncc(NC(C(=O)c2c[nH]c3ccc(CCO)cc23)c2cnc(OC)cn2)c1. The number of nitrogens with one attached hydrogen (secondary N) is 2. The van der Waals surface area contributed by atoms with Crippen molar-refractivity contribution in [1.29, 1.82) is 0 Å². The summed E-state index contributed by atoms with van der Waals surface area (Å²) in [5.74, 6) is 0.714. The number of benzene rings is 1. The summed E-state index contributed by atoms with van der Waals surface area (Å²) in [4.78, 5) is 29.6. The lowest BCUT2D eigenvalue weighted by Crippen LogP contribution is -2.22. The first-order valence-corrected chi connectivity index (χ1v) is 9.99. The largest absolute Gasteiger partial charge is 0.495 e. The first kappa shape index (κ1) is 21.3. The Morgan fingerprint density at radius 3 is 2.72 bits per heavy atom. The summed E-state index contributed by atoms with van der Waals surface area (Å²) in [6.45, 7) is 0.0354. The number of nitrogens with zero attached hydrogens (tertiary/aromatic N) is 3. The normalized spacial score (nSPS) is 11.8. The second-order valence-corrected chi connectivity index (χ2v) is 7.09. The molecule has 32 heavy (non-hydrogen) atoms. The van der Waals surface area contributed by atoms with Gasteiger partial charge in [-0.15, -0.1) is 0 Å². The summed E-state index contributed by atoms with van der Waals surface area (Å²) in [6, 6.07) is 6.66. The van der Waals surface area contributed by atoms with Gasteiger partial charge < -0.3 is 24.9 Å². The number of Topliss-reactive ketones (excluding diaryl/α,β-unsaturated/α-hetero) is 1. The van der Waals surface area contributed by atoms with Crippen molar-refractivity contribution in [2.75, 3.05) is 26.1 Å². The van der Waals surface area contributed by atoms with Crippen LogP contribution >= 0.6 is 0 Å². The molecule has 3 N–H and O–H groups in total. The number of aromatic nitrogens is 4. The molecule has 9 heteroatoms. The molecular formula is C23H23N5O4. The minimum atomic E-state index is -0.831. The quantitative estimate of drug-likeness (QED) is 0.345. The van der Waals surface area contributed by atoms with E-state index in [1.165, 1.54) is 19.5 Å². The predicted octanol–water partition coefficient (Wildman–Crippen LogP) is 2.94. The molecular weight excluding hydrogens is 410 g/mol. The molecule has 0 fully saturated rings. The van der Waals surface area contributed by atoms with Crippen LogP contribution in [0.1, 0.15) is 27.7 Å². The summed E-state index contributed by atoms with van der Waals surface area (Å²) in [6.07, 6.45) is 8.36. The number of anilines is 1. The lowest BCUT2D eigenvalue weighted by Gasteiger charge is -2.18. The molecule has 0 amide bonds. The van der Waals surface area contributed by atoms with Crippen molar-refractivity contribution in [3.63, 3.8) is 0 Å². The van der Waals surface area contributed by atoms with Crippen molar-refractivity contribution in [3.05, 3.63) is 72.1 Å². The Bertz CT molecular complexity index is 1220. The van der Waals surface area contributed by atoms with Gasteiger partial charge >= 0.3 is 0 Å². The number of aliphatic hydroxyl groups excluding tert-OH is 1. The number of methoxy groups -OCH3 is 2. The van der Waals surface area contributed by atoms with Crippen LogP contribution in [0.15, 0.2) is 55.2 Å². The number of carbonyl (C=O) groups is 1. The van der Waals surface area contributed by atoms with Gasteiger partial charge in [-0.25, -0.2) is 4.98 Å². The Kier molecular flexibility index (Phi) is 6.27. The van der Waals surface area contributed by atoms with Crippen LogP contribution in [0.25, 0.3) is 10.9 Å². The van der Waals surface area contributed by atoms with Crippen LogP contribution in [0.4, 0.5) is 5.69 Å². The van der Waals surface area contributed by atoms with Crippen LogP contribution in [0.2, 0.25) is 0 Å². The summed E-state index contributed by atoms with van der Waals surface area (Å²) < 4.78 is 10.3. The molecule has 4 rings (SSSR count). The van der Waals surface area contributed by atoms with Gasteiger partial charge in [-0.05, 0) is 24.1 Å². The third kappa shape index (κ3) is 4.37. The van der Waals surface area contributed by atoms with Crippen LogP contribution < -0.4 is 14.8 Å². The minimum Gasteiger partial charge on any atom is -0.495 e. The lowest BCUT2D eigenvalue weighted by atomic mass is 9.99. The highest BCUT2D eigenvalue weighted by atomic mass is 16.5. The number of aromatic amines is 1. The van der Waals surface area contributed by atoms with Gasteiger partial charge in [0.1, 0.15) is 11.8 Å². The van der Waals surface area contributed by atoms with Crippen LogP contribution in [0.5, 0.6) is 11.6 Å². The number of pyridine rings is 1. The Morgan fingerprint density at radius 2 is 2.00 bits per heavy atom. The van der Waals surface area contributed by atoms with Gasteiger partial charge in [0.2, 0.25) is 5.88 Å². The van der Waals surface area contributed by atoms with Gasteiger partial charge in [0, 0.05) is 35.3 Å². The molecule has 0 saturated heterocycles. The third-order valence-corrected chi connectivity index (χ3v) is 5.09. The standard InChI is InChI=1S/C23H23N5O4/c1-31-16-8-15(9-24-10-16)28-22(20-12-27-21(32-2)13-26-20)23(30)18-11-25-19-4-3-14(5-6-29)7-17(18)19/h3-4,7-13,22,25,28-29H,5-6H2,1-2H3. The Morgan fingerprint density at radius 1 is 1.12 bits per heavy atom. The van der Waals surface area contributed by atoms with Crippen molar-refractivity contribution < 1.29 is 19.4 Å². The number of H-pyrrole nitrogens is 1. The highest BCUT2D eigenvalue weighted by molar-refractivity contribution is 6.11. The maximum absolute atomic E-state index is 13.7. The average molecular weight is 433 g/mol. The first-order chi connectivity index (χ1) is 15.6. The molecule has 1 unspecified atom stereocenters. The van der Waals surface area contributed by atoms with E-state index in [0.29, 0.717) is 35.0 Å². The second kappa shape index (κ2) is 9.44. The van der Waals surface area contributed by atoms with Crippen molar-refractivity contribution in [3.8, 4) is 11.6 Å². The van der Waals surface area contributed by atoms with Gasteiger partial charge in [-0.1, -0.05) is 6.07 Å². The zero-order valence-corrected chi connectivity index (χ0v) is 17.7. The van der Waals surface area contributed by atoms with Crippen LogP contribution in [-0.4, -0.2) is 51.7 Å². The van der Waals surface area contributed by atoms with E-state index in [4.69, 9.17) is 9.47 Å². The van der Waals surface area contributed by atoms with E-state index < -0.39 is 6.04 Å². The minimum absolute atomic E-state index is 0.0354. The zero-order chi connectivity index (χ0) is 22.5. The van der Waals surface area contributed by atoms with Crippen molar-refractivity contribution in [2.24, 2.45) is 0 Å². The summed E-state index contributed by atoms with van der Waals surface area (Å²) in [7, 11) is 3.05. The molecule has 0 saturated carbocycles. The number of ketones is 1. The number of rotatable bonds is 9. The number of fused-ring (bicyclic) bond motifs is 1. The van der Waals surface area contributed by atoms with E-state index in [1.54, 1.807) is 31.8 Å². The lowest BCUT2D eigenvalue weighted by molar-refractivity contribution is 0.0969. The Labute approximate surface area is 184 Å². The molecule has 0 aliphatic heterocycles. The smallest absolute Gasteiger partial charge is 0.231 e. The second-order valence-electron chi connectivity index (χ2n) is 7.09. The average Bonchev–Trinajstić information content (AvgIpc) is 3.26. The first-order valence-electron chi connectivity index (χ1n) is 9.99. The van der Waals surface area contributed by atoms with E-state index in [-0.39, 0.29) is 12.4 Å². The van der Waals surface area contributed by atoms with E-state index in [2.05, 4.69) is 25.3 Å². The molecule has 0 bridgehead atoms. The van der Waals surface area contributed by atoms with Gasteiger partial charge in [-0.2, -0.15) is 0 Å². The van der Waals surface area contributed by atoms with E-state index >= 15 is 0 Å². The molecule has 1 atom stereocenters. The number of carbonyl (C=O) groups excluding carboxylic acids is 1. The molecule has 9 nitrogen and oxygen atoms in total. The van der Waals surface area contributed by atoms with Crippen molar-refractivity contribution >= 4 is 22.4 Å². The number of hydrogen-bond acceptors (Lipinski definition) is 8. The van der Waals surface area contributed by atoms with Gasteiger partial charge in [0.15, 0.2) is 5.78 Å². The van der Waals surface area contributed by atoms with Crippen LogP contribution in [0.3, 0.4) is 0 Å². The number of hydrogen-bond donors (Lipinski definition) is 3. The summed E-state index contributed by atoms with van der Waals surface area (Å²) in [5, 5.41) is 13.3. The highest BCUT2D eigenvalue weighted by Gasteiger charge is 2.26. The molecule has 164 valence electrons. The summed E-state index contributed by atoms with van der Waals surface area (Å²) >= 11 is 0. The molecule has 3 heterocycles. The molecule has 3 aromatic heterocycles. The van der Waals surface area contributed by atoms with Crippen molar-refractivity contribution in [1.82, 2.24) is 19.9 Å². The number of ether oxygens (including phenoxy) is 2. The van der Waals surface area contributed by atoms with E-state index in [0.717, 1.165) is 16.5 Å². The topological polar surface area (TPSA) is 122 Å². The Hall–Kier alpha value is -3.98. The van der Waals surface area contributed by atoms with Gasteiger partial charge in [-0.3, -0.25) is 14.8 Å². The van der Waals surface area contributed by atoms with Crippen LogP contribution in [-0.2, 0) is 6.42 Å². The molecule has 1 aromatic carbocycles. The predicted molar refractivity (Wildman–Crippen MR) is 119 cm³/mol. The molecule has 0 radical (unpaired) electrons. The van der Waals surface area contributed by atoms with Gasteiger partial charge in [0.05, 0.1) is 50.4 Å². The van der Waals surface area contributed by atoms with E-state index in [1.807, 2.05) is 18.2 Å². The fraction of sp³-hybridized carbons (Fsp3) is 0.217. The zero-order valence-electron chi connectivity index (χ0n) is 17.7. The van der Waals surface area contributed by atoms with Crippen molar-refractivity contribution in [2.45, 2.75) is 12.5 Å². The Balaban J connectivity index is 1.75. The van der Waals surface area contributed by atoms with Crippen LogP contribution in [0, 0.1) is 0 Å². The van der Waals surface area contributed by atoms with E-state index in [9.17, 15) is 9.90 Å². The van der Waals surface area contributed by atoms with Gasteiger partial charge in [0.25, 0.3) is 0 Å².